The molecule has 20 heavy (non-hydrogen) atoms. The number of hydrogen-bond donors (Lipinski definition) is 0. The third kappa shape index (κ3) is 11.7. The van der Waals surface area contributed by atoms with Crippen molar-refractivity contribution < 1.29 is 11.0 Å². The van der Waals surface area contributed by atoms with Crippen molar-refractivity contribution >= 4 is 0 Å². The first-order valence-electron chi connectivity index (χ1n) is 8.59. The molecule has 2 rings (SSSR count). The van der Waals surface area contributed by atoms with Gasteiger partial charge in [-0.05, 0) is 30.1 Å². The molecule has 0 aromatic rings. The van der Waals surface area contributed by atoms with E-state index < -0.39 is 0 Å². The van der Waals surface area contributed by atoms with Gasteiger partial charge in [-0.1, -0.05) is 86.5 Å². The van der Waals surface area contributed by atoms with Crippen LogP contribution in [0.2, 0.25) is 0 Å². The Balaban J connectivity index is -0.000000240. The standard InChI is InChI=1S/C9H18.C7H14.C2H6.2H2O/c1-7-4-5-8(2)9(3)6-7;1-7-5-3-2-4-6-7;1-2;;/h7-9H,4-6H2,1-3H3;7H,2-6H2,1H3;1-2H3;2*1H2. The van der Waals surface area contributed by atoms with Crippen molar-refractivity contribution in [2.45, 2.75) is 92.9 Å². The summed E-state index contributed by atoms with van der Waals surface area (Å²) in [6.45, 7) is 13.5. The van der Waals surface area contributed by atoms with Gasteiger partial charge >= 0.3 is 0 Å². The Kier molecular flexibility index (Phi) is 19.1. The van der Waals surface area contributed by atoms with Gasteiger partial charge in [-0.25, -0.2) is 0 Å². The van der Waals surface area contributed by atoms with E-state index in [0.29, 0.717) is 0 Å². The van der Waals surface area contributed by atoms with Gasteiger partial charge < -0.3 is 11.0 Å². The number of rotatable bonds is 0. The molecule has 0 radical (unpaired) electrons. The first-order valence-corrected chi connectivity index (χ1v) is 8.59. The van der Waals surface area contributed by atoms with Crippen LogP contribution in [0.15, 0.2) is 0 Å². The summed E-state index contributed by atoms with van der Waals surface area (Å²) >= 11 is 0. The van der Waals surface area contributed by atoms with Crippen molar-refractivity contribution in [1.29, 1.82) is 0 Å². The van der Waals surface area contributed by atoms with E-state index in [1.807, 2.05) is 13.8 Å². The molecule has 0 saturated heterocycles. The first kappa shape index (κ1) is 24.9. The van der Waals surface area contributed by atoms with Gasteiger partial charge in [-0.3, -0.25) is 0 Å². The van der Waals surface area contributed by atoms with E-state index in [9.17, 15) is 0 Å². The van der Waals surface area contributed by atoms with Gasteiger partial charge in [-0.15, -0.1) is 0 Å². The van der Waals surface area contributed by atoms with Gasteiger partial charge in [-0.2, -0.15) is 0 Å². The average Bonchev–Trinajstić information content (AvgIpc) is 2.38. The summed E-state index contributed by atoms with van der Waals surface area (Å²) in [5, 5.41) is 0. The van der Waals surface area contributed by atoms with Gasteiger partial charge in [0.1, 0.15) is 0 Å². The molecule has 126 valence electrons. The third-order valence-electron chi connectivity index (χ3n) is 4.75. The maximum Gasteiger partial charge on any atom is -0.0414 e. The van der Waals surface area contributed by atoms with Crippen LogP contribution in [0.25, 0.3) is 0 Å². The molecule has 0 aliphatic heterocycles. The van der Waals surface area contributed by atoms with Crippen molar-refractivity contribution in [2.24, 2.45) is 23.7 Å². The van der Waals surface area contributed by atoms with E-state index in [-0.39, 0.29) is 11.0 Å². The summed E-state index contributed by atoms with van der Waals surface area (Å²) in [5.41, 5.74) is 0. The van der Waals surface area contributed by atoms with E-state index in [1.165, 1.54) is 51.4 Å². The summed E-state index contributed by atoms with van der Waals surface area (Å²) in [5.74, 6) is 4.00. The summed E-state index contributed by atoms with van der Waals surface area (Å²) in [6, 6.07) is 0. The lowest BCUT2D eigenvalue weighted by Crippen LogP contribution is -2.18. The minimum absolute atomic E-state index is 0. The zero-order valence-electron chi connectivity index (χ0n) is 15.0. The Labute approximate surface area is 128 Å². The van der Waals surface area contributed by atoms with Gasteiger partial charge in [0.25, 0.3) is 0 Å². The zero-order chi connectivity index (χ0) is 14.0. The molecule has 2 saturated carbocycles. The van der Waals surface area contributed by atoms with Crippen LogP contribution in [0.1, 0.15) is 92.9 Å². The molecule has 2 heteroatoms. The summed E-state index contributed by atoms with van der Waals surface area (Å²) < 4.78 is 0. The highest BCUT2D eigenvalue weighted by atomic mass is 16.0. The van der Waals surface area contributed by atoms with Crippen LogP contribution in [-0.2, 0) is 0 Å². The second-order valence-corrected chi connectivity index (χ2v) is 6.62. The van der Waals surface area contributed by atoms with Crippen LogP contribution in [0.3, 0.4) is 0 Å². The van der Waals surface area contributed by atoms with Crippen LogP contribution >= 0.6 is 0 Å². The Morgan fingerprint density at radius 3 is 1.35 bits per heavy atom. The smallest absolute Gasteiger partial charge is 0.0414 e. The quantitative estimate of drug-likeness (QED) is 0.600. The Morgan fingerprint density at radius 2 is 1.05 bits per heavy atom. The molecule has 0 amide bonds. The monoisotopic (exact) mass is 290 g/mol. The van der Waals surface area contributed by atoms with Crippen LogP contribution in [0.5, 0.6) is 0 Å². The Morgan fingerprint density at radius 1 is 0.550 bits per heavy atom. The van der Waals surface area contributed by atoms with Crippen LogP contribution in [-0.4, -0.2) is 11.0 Å². The average molecular weight is 291 g/mol. The van der Waals surface area contributed by atoms with Crippen molar-refractivity contribution in [2.75, 3.05) is 0 Å². The van der Waals surface area contributed by atoms with E-state index in [1.54, 1.807) is 0 Å². The van der Waals surface area contributed by atoms with Crippen molar-refractivity contribution in [1.82, 2.24) is 0 Å². The molecule has 2 aliphatic rings. The maximum atomic E-state index is 2.39. The predicted octanol–water partition coefficient (Wildman–Crippen LogP) is 5.04. The highest BCUT2D eigenvalue weighted by Crippen LogP contribution is 2.32. The second kappa shape index (κ2) is 15.3. The Hall–Kier alpha value is -0.0800. The predicted molar refractivity (Wildman–Crippen MR) is 92.2 cm³/mol. The van der Waals surface area contributed by atoms with Crippen LogP contribution in [0, 0.1) is 23.7 Å². The minimum atomic E-state index is 0. The third-order valence-corrected chi connectivity index (χ3v) is 4.75. The topological polar surface area (TPSA) is 63.0 Å². The van der Waals surface area contributed by atoms with E-state index in [0.717, 1.165) is 23.7 Å². The minimum Gasteiger partial charge on any atom is -0.412 e. The molecule has 2 nitrogen and oxygen atoms in total. The van der Waals surface area contributed by atoms with Gasteiger partial charge in [0.15, 0.2) is 0 Å². The molecule has 0 heterocycles. The van der Waals surface area contributed by atoms with Crippen molar-refractivity contribution in [3.05, 3.63) is 0 Å². The molecule has 2 fully saturated rings. The summed E-state index contributed by atoms with van der Waals surface area (Å²) in [4.78, 5) is 0. The first-order chi connectivity index (χ1) is 8.59. The molecule has 0 bridgehead atoms. The van der Waals surface area contributed by atoms with Crippen molar-refractivity contribution in [3.8, 4) is 0 Å². The molecular weight excluding hydrogens is 248 g/mol. The highest BCUT2D eigenvalue weighted by Gasteiger charge is 2.20. The van der Waals surface area contributed by atoms with Gasteiger partial charge in [0, 0.05) is 0 Å². The number of hydrogen-bond acceptors (Lipinski definition) is 0. The van der Waals surface area contributed by atoms with Gasteiger partial charge in [0.05, 0.1) is 0 Å². The lowest BCUT2D eigenvalue weighted by molar-refractivity contribution is 0.220. The Bertz CT molecular complexity index is 176. The molecule has 3 unspecified atom stereocenters. The highest BCUT2D eigenvalue weighted by molar-refractivity contribution is 4.72. The van der Waals surface area contributed by atoms with Crippen LogP contribution < -0.4 is 0 Å². The molecular formula is C18H42O2. The fourth-order valence-corrected chi connectivity index (χ4v) is 3.12. The fraction of sp³-hybridized carbons (Fsp3) is 1.00. The second-order valence-electron chi connectivity index (χ2n) is 6.62. The fourth-order valence-electron chi connectivity index (χ4n) is 3.12. The molecule has 0 spiro atoms. The molecule has 0 aromatic heterocycles. The lowest BCUT2D eigenvalue weighted by Gasteiger charge is -2.29. The van der Waals surface area contributed by atoms with Crippen molar-refractivity contribution in [3.63, 3.8) is 0 Å². The van der Waals surface area contributed by atoms with E-state index in [4.69, 9.17) is 0 Å². The molecule has 4 N–H and O–H groups in total. The molecule has 2 aliphatic carbocycles. The van der Waals surface area contributed by atoms with E-state index in [2.05, 4.69) is 27.7 Å². The van der Waals surface area contributed by atoms with E-state index >= 15 is 0 Å². The zero-order valence-corrected chi connectivity index (χ0v) is 15.0. The summed E-state index contributed by atoms with van der Waals surface area (Å²) in [7, 11) is 0. The normalized spacial score (nSPS) is 29.4. The molecule has 3 atom stereocenters. The largest absolute Gasteiger partial charge is 0.412 e. The summed E-state index contributed by atoms with van der Waals surface area (Å²) in [6.07, 6.45) is 11.8. The van der Waals surface area contributed by atoms with Crippen LogP contribution in [0.4, 0.5) is 0 Å². The lowest BCUT2D eigenvalue weighted by atomic mass is 9.77. The van der Waals surface area contributed by atoms with Gasteiger partial charge in [0.2, 0.25) is 0 Å². The molecule has 0 aromatic carbocycles. The SMILES string of the molecule is CC.CC1CCC(C)C(C)C1.CC1CCCCC1.O.O. The maximum absolute atomic E-state index is 2.39.